The largest absolute Gasteiger partial charge is 0.497 e. The number of piperidine rings is 1. The molecular formula is C16H22N4O4S. The first-order valence-electron chi connectivity index (χ1n) is 8.09. The summed E-state index contributed by atoms with van der Waals surface area (Å²) in [6.07, 6.45) is 1.69. The molecule has 4 N–H and O–H groups in total. The van der Waals surface area contributed by atoms with Crippen molar-refractivity contribution in [3.05, 3.63) is 30.0 Å². The number of hydrogen-bond acceptors (Lipinski definition) is 4. The number of fused-ring (bicyclic) bond motifs is 1. The first-order valence-corrected chi connectivity index (χ1v) is 9.64. The molecule has 1 unspecified atom stereocenters. The minimum absolute atomic E-state index is 0.0560. The Labute approximate surface area is 146 Å². The SMILES string of the molecule is COc1ccc2cc(C(=O)N3CCCC(CNS(N)(=O)=O)C3)[nH]c2c1. The minimum atomic E-state index is -3.71. The number of hydrogen-bond donors (Lipinski definition) is 3. The fourth-order valence-corrected chi connectivity index (χ4v) is 3.64. The fourth-order valence-electron chi connectivity index (χ4n) is 3.17. The van der Waals surface area contributed by atoms with Crippen molar-refractivity contribution in [1.29, 1.82) is 0 Å². The second-order valence-corrected chi connectivity index (χ2v) is 7.67. The van der Waals surface area contributed by atoms with E-state index >= 15 is 0 Å². The highest BCUT2D eigenvalue weighted by Gasteiger charge is 2.26. The van der Waals surface area contributed by atoms with Gasteiger partial charge >= 0.3 is 0 Å². The summed E-state index contributed by atoms with van der Waals surface area (Å²) in [4.78, 5) is 17.7. The number of nitrogens with zero attached hydrogens (tertiary/aromatic N) is 1. The number of H-pyrrole nitrogens is 1. The van der Waals surface area contributed by atoms with E-state index in [1.165, 1.54) is 0 Å². The molecule has 25 heavy (non-hydrogen) atoms. The van der Waals surface area contributed by atoms with Gasteiger partial charge < -0.3 is 14.6 Å². The van der Waals surface area contributed by atoms with E-state index in [0.717, 1.165) is 29.5 Å². The van der Waals surface area contributed by atoms with Crippen molar-refractivity contribution < 1.29 is 17.9 Å². The summed E-state index contributed by atoms with van der Waals surface area (Å²) in [5, 5.41) is 5.91. The summed E-state index contributed by atoms with van der Waals surface area (Å²) in [5.41, 5.74) is 1.36. The third-order valence-electron chi connectivity index (χ3n) is 4.44. The second kappa shape index (κ2) is 7.03. The summed E-state index contributed by atoms with van der Waals surface area (Å²) in [6, 6.07) is 7.42. The molecule has 0 aliphatic carbocycles. The van der Waals surface area contributed by atoms with E-state index in [2.05, 4.69) is 9.71 Å². The summed E-state index contributed by atoms with van der Waals surface area (Å²) >= 11 is 0. The maximum absolute atomic E-state index is 12.8. The summed E-state index contributed by atoms with van der Waals surface area (Å²) < 4.78 is 29.6. The zero-order valence-corrected chi connectivity index (χ0v) is 14.8. The molecule has 0 saturated carbocycles. The number of methoxy groups -OCH3 is 1. The molecule has 0 radical (unpaired) electrons. The lowest BCUT2D eigenvalue weighted by atomic mass is 9.98. The summed E-state index contributed by atoms with van der Waals surface area (Å²) in [5.74, 6) is 0.691. The summed E-state index contributed by atoms with van der Waals surface area (Å²) in [6.45, 7) is 1.40. The molecule has 8 nitrogen and oxygen atoms in total. The van der Waals surface area contributed by atoms with Gasteiger partial charge in [0.25, 0.3) is 16.1 Å². The lowest BCUT2D eigenvalue weighted by Gasteiger charge is -2.32. The van der Waals surface area contributed by atoms with E-state index in [0.29, 0.717) is 18.8 Å². The Hall–Kier alpha value is -2.10. The van der Waals surface area contributed by atoms with E-state index in [1.54, 1.807) is 12.0 Å². The van der Waals surface area contributed by atoms with Gasteiger partial charge in [0, 0.05) is 36.6 Å². The van der Waals surface area contributed by atoms with Gasteiger partial charge in [-0.25, -0.2) is 9.86 Å². The minimum Gasteiger partial charge on any atom is -0.497 e. The molecule has 1 amide bonds. The number of amides is 1. The third kappa shape index (κ3) is 4.30. The molecule has 0 spiro atoms. The van der Waals surface area contributed by atoms with Gasteiger partial charge in [-0.2, -0.15) is 8.42 Å². The highest BCUT2D eigenvalue weighted by Crippen LogP contribution is 2.23. The molecule has 3 rings (SSSR count). The topological polar surface area (TPSA) is 118 Å². The molecule has 0 bridgehead atoms. The van der Waals surface area contributed by atoms with Crippen LogP contribution in [0, 0.1) is 5.92 Å². The van der Waals surface area contributed by atoms with Crippen LogP contribution in [-0.4, -0.2) is 51.0 Å². The van der Waals surface area contributed by atoms with E-state index in [4.69, 9.17) is 9.88 Å². The number of aromatic nitrogens is 1. The van der Waals surface area contributed by atoms with Gasteiger partial charge in [0.1, 0.15) is 11.4 Å². The Morgan fingerprint density at radius 1 is 1.44 bits per heavy atom. The van der Waals surface area contributed by atoms with Crippen LogP contribution in [0.2, 0.25) is 0 Å². The number of carbonyl (C=O) groups is 1. The number of benzene rings is 1. The van der Waals surface area contributed by atoms with Gasteiger partial charge in [-0.05, 0) is 37.0 Å². The van der Waals surface area contributed by atoms with Crippen LogP contribution in [0.1, 0.15) is 23.3 Å². The fraction of sp³-hybridized carbons (Fsp3) is 0.438. The molecule has 1 fully saturated rings. The Bertz CT molecular complexity index is 877. The quantitative estimate of drug-likeness (QED) is 0.726. The molecule has 1 aromatic carbocycles. The van der Waals surface area contributed by atoms with Crippen LogP contribution < -0.4 is 14.6 Å². The van der Waals surface area contributed by atoms with Crippen molar-refractivity contribution in [2.24, 2.45) is 11.1 Å². The second-order valence-electron chi connectivity index (χ2n) is 6.29. The molecule has 1 atom stereocenters. The van der Waals surface area contributed by atoms with Gasteiger partial charge in [0.05, 0.1) is 7.11 Å². The van der Waals surface area contributed by atoms with E-state index in [-0.39, 0.29) is 18.4 Å². The molecule has 1 aromatic heterocycles. The normalized spacial score (nSPS) is 18.5. The highest BCUT2D eigenvalue weighted by atomic mass is 32.2. The molecule has 1 aliphatic rings. The molecule has 2 aromatic rings. The maximum Gasteiger partial charge on any atom is 0.274 e. The average Bonchev–Trinajstić information content (AvgIpc) is 3.02. The van der Waals surface area contributed by atoms with E-state index in [1.807, 2.05) is 24.3 Å². The lowest BCUT2D eigenvalue weighted by Crippen LogP contribution is -2.44. The number of nitrogens with one attached hydrogen (secondary N) is 2. The molecule has 136 valence electrons. The molecule has 1 saturated heterocycles. The van der Waals surface area contributed by atoms with E-state index in [9.17, 15) is 13.2 Å². The number of nitrogens with two attached hydrogens (primary N) is 1. The van der Waals surface area contributed by atoms with Crippen LogP contribution in [0.5, 0.6) is 5.75 Å². The molecule has 1 aliphatic heterocycles. The van der Waals surface area contributed by atoms with Crippen molar-refractivity contribution in [3.8, 4) is 5.75 Å². The van der Waals surface area contributed by atoms with Crippen molar-refractivity contribution in [1.82, 2.24) is 14.6 Å². The molecular weight excluding hydrogens is 344 g/mol. The molecule has 2 heterocycles. The van der Waals surface area contributed by atoms with Crippen molar-refractivity contribution in [2.75, 3.05) is 26.7 Å². The molecule has 9 heteroatoms. The van der Waals surface area contributed by atoms with Crippen LogP contribution >= 0.6 is 0 Å². The van der Waals surface area contributed by atoms with Gasteiger partial charge in [-0.1, -0.05) is 0 Å². The van der Waals surface area contributed by atoms with Gasteiger partial charge in [0.2, 0.25) is 0 Å². The van der Waals surface area contributed by atoms with Crippen LogP contribution in [-0.2, 0) is 10.2 Å². The smallest absolute Gasteiger partial charge is 0.274 e. The third-order valence-corrected chi connectivity index (χ3v) is 5.01. The van der Waals surface area contributed by atoms with Crippen molar-refractivity contribution in [3.63, 3.8) is 0 Å². The van der Waals surface area contributed by atoms with Gasteiger partial charge in [-0.15, -0.1) is 0 Å². The standard InChI is InChI=1S/C16H22N4O4S/c1-24-13-5-4-12-7-15(19-14(12)8-13)16(21)20-6-2-3-11(10-20)9-18-25(17,22)23/h4-5,7-8,11,18-19H,2-3,6,9-10H2,1H3,(H2,17,22,23). The first-order chi connectivity index (χ1) is 11.9. The summed E-state index contributed by atoms with van der Waals surface area (Å²) in [7, 11) is -2.11. The van der Waals surface area contributed by atoms with Gasteiger partial charge in [-0.3, -0.25) is 4.79 Å². The van der Waals surface area contributed by atoms with Crippen molar-refractivity contribution in [2.45, 2.75) is 12.8 Å². The van der Waals surface area contributed by atoms with Gasteiger partial charge in [0.15, 0.2) is 0 Å². The number of likely N-dealkylation sites (tertiary alicyclic amines) is 1. The zero-order chi connectivity index (χ0) is 18.0. The number of rotatable bonds is 5. The lowest BCUT2D eigenvalue weighted by molar-refractivity contribution is 0.0671. The van der Waals surface area contributed by atoms with Crippen LogP contribution in [0.25, 0.3) is 10.9 Å². The zero-order valence-electron chi connectivity index (χ0n) is 14.0. The van der Waals surface area contributed by atoms with Crippen LogP contribution in [0.15, 0.2) is 24.3 Å². The van der Waals surface area contributed by atoms with Crippen LogP contribution in [0.4, 0.5) is 0 Å². The van der Waals surface area contributed by atoms with Crippen LogP contribution in [0.3, 0.4) is 0 Å². The number of aromatic amines is 1. The predicted octanol–water partition coefficient (Wildman–Crippen LogP) is 0.822. The van der Waals surface area contributed by atoms with Crippen molar-refractivity contribution >= 4 is 27.0 Å². The Balaban J connectivity index is 1.71. The Morgan fingerprint density at radius 2 is 2.24 bits per heavy atom. The predicted molar refractivity (Wildman–Crippen MR) is 94.6 cm³/mol. The monoisotopic (exact) mass is 366 g/mol. The average molecular weight is 366 g/mol. The Morgan fingerprint density at radius 3 is 2.96 bits per heavy atom. The number of carbonyl (C=O) groups excluding carboxylic acids is 1. The first kappa shape index (κ1) is 17.7. The Kier molecular flexibility index (Phi) is 4.98. The van der Waals surface area contributed by atoms with E-state index < -0.39 is 10.2 Å². The highest BCUT2D eigenvalue weighted by molar-refractivity contribution is 7.87. The number of ether oxygens (including phenoxy) is 1. The maximum atomic E-state index is 12.8.